The molecule has 0 saturated heterocycles. The molecule has 1 heterocycles. The summed E-state index contributed by atoms with van der Waals surface area (Å²) in [6.07, 6.45) is 7.30. The number of hydrogen-bond donors (Lipinski definition) is 1. The van der Waals surface area contributed by atoms with E-state index in [1.807, 2.05) is 6.92 Å². The normalized spacial score (nSPS) is 31.0. The summed E-state index contributed by atoms with van der Waals surface area (Å²) in [6, 6.07) is 4.87. The van der Waals surface area contributed by atoms with Crippen LogP contribution < -0.4 is 5.32 Å². The number of aromatic nitrogens is 1. The Balaban J connectivity index is 1.73. The topological polar surface area (TPSA) is 24.9 Å². The molecule has 1 saturated carbocycles. The van der Waals surface area contributed by atoms with E-state index in [9.17, 15) is 0 Å². The highest BCUT2D eigenvalue weighted by atomic mass is 15.0. The van der Waals surface area contributed by atoms with Crippen molar-refractivity contribution in [3.8, 4) is 0 Å². The first kappa shape index (κ1) is 9.88. The summed E-state index contributed by atoms with van der Waals surface area (Å²) in [6.45, 7) is 4.12. The zero-order valence-electron chi connectivity index (χ0n) is 9.90. The minimum atomic E-state index is 0.631. The molecule has 0 bridgehead atoms. The number of pyridine rings is 1. The largest absolute Gasteiger partial charge is 0.380 e. The Labute approximate surface area is 96.8 Å². The van der Waals surface area contributed by atoms with Gasteiger partial charge in [0.15, 0.2) is 0 Å². The van der Waals surface area contributed by atoms with Crippen molar-refractivity contribution >= 4 is 5.69 Å². The van der Waals surface area contributed by atoms with Gasteiger partial charge in [0.25, 0.3) is 0 Å². The zero-order chi connectivity index (χ0) is 11.1. The first-order chi connectivity index (χ1) is 7.74. The number of hydrogen-bond acceptors (Lipinski definition) is 2. The predicted octanol–water partition coefficient (Wildman–Crippen LogP) is 3.07. The monoisotopic (exact) mass is 214 g/mol. The third-order valence-electron chi connectivity index (χ3n) is 3.93. The van der Waals surface area contributed by atoms with Crippen LogP contribution in [-0.4, -0.2) is 11.0 Å². The van der Waals surface area contributed by atoms with E-state index in [4.69, 9.17) is 0 Å². The molecule has 1 fully saturated rings. The van der Waals surface area contributed by atoms with Gasteiger partial charge in [0.2, 0.25) is 0 Å². The van der Waals surface area contributed by atoms with Gasteiger partial charge in [-0.3, -0.25) is 4.98 Å². The van der Waals surface area contributed by atoms with Gasteiger partial charge in [-0.25, -0.2) is 0 Å². The van der Waals surface area contributed by atoms with Gasteiger partial charge in [0.05, 0.1) is 11.4 Å². The molecule has 3 atom stereocenters. The fraction of sp³-hybridized carbons (Fsp3) is 0.500. The molecule has 0 aromatic carbocycles. The smallest absolute Gasteiger partial charge is 0.0606 e. The number of aryl methyl sites for hydroxylation is 2. The molecular formula is C14H18N2. The van der Waals surface area contributed by atoms with Gasteiger partial charge in [-0.05, 0) is 44.7 Å². The summed E-state index contributed by atoms with van der Waals surface area (Å²) >= 11 is 0. The molecule has 0 amide bonds. The molecule has 16 heavy (non-hydrogen) atoms. The van der Waals surface area contributed by atoms with Crippen molar-refractivity contribution in [1.29, 1.82) is 0 Å². The Morgan fingerprint density at radius 3 is 2.94 bits per heavy atom. The summed E-state index contributed by atoms with van der Waals surface area (Å²) in [5, 5.41) is 3.63. The highest BCUT2D eigenvalue weighted by molar-refractivity contribution is 5.49. The van der Waals surface area contributed by atoms with Gasteiger partial charge in [-0.1, -0.05) is 12.2 Å². The average molecular weight is 214 g/mol. The number of nitrogens with one attached hydrogen (secondary N) is 1. The molecular weight excluding hydrogens is 196 g/mol. The maximum atomic E-state index is 4.49. The third-order valence-corrected chi connectivity index (χ3v) is 3.93. The number of anilines is 1. The van der Waals surface area contributed by atoms with Crippen LogP contribution in [0.25, 0.3) is 0 Å². The van der Waals surface area contributed by atoms with Crippen molar-refractivity contribution in [2.75, 3.05) is 5.32 Å². The van der Waals surface area contributed by atoms with E-state index in [1.54, 1.807) is 0 Å². The Morgan fingerprint density at radius 2 is 2.19 bits per heavy atom. The van der Waals surface area contributed by atoms with Crippen LogP contribution in [0.15, 0.2) is 24.3 Å². The Hall–Kier alpha value is -1.31. The summed E-state index contributed by atoms with van der Waals surface area (Å²) < 4.78 is 0. The maximum Gasteiger partial charge on any atom is 0.0606 e. The van der Waals surface area contributed by atoms with Crippen molar-refractivity contribution in [3.63, 3.8) is 0 Å². The molecule has 1 aromatic rings. The van der Waals surface area contributed by atoms with E-state index < -0.39 is 0 Å². The van der Waals surface area contributed by atoms with E-state index in [-0.39, 0.29) is 0 Å². The van der Waals surface area contributed by atoms with Crippen molar-refractivity contribution in [2.45, 2.75) is 32.7 Å². The molecule has 0 spiro atoms. The molecule has 2 aliphatic rings. The number of fused-ring (bicyclic) bond motifs is 1. The average Bonchev–Trinajstić information content (AvgIpc) is 2.59. The lowest BCUT2D eigenvalue weighted by atomic mass is 9.71. The quantitative estimate of drug-likeness (QED) is 0.765. The summed E-state index contributed by atoms with van der Waals surface area (Å²) in [7, 11) is 0. The predicted molar refractivity (Wildman–Crippen MR) is 66.5 cm³/mol. The molecule has 0 aliphatic heterocycles. The van der Waals surface area contributed by atoms with Crippen LogP contribution >= 0.6 is 0 Å². The van der Waals surface area contributed by atoms with Crippen molar-refractivity contribution < 1.29 is 0 Å². The van der Waals surface area contributed by atoms with Crippen LogP contribution in [0.1, 0.15) is 24.2 Å². The fourth-order valence-corrected chi connectivity index (χ4v) is 2.92. The second-order valence-electron chi connectivity index (χ2n) is 5.07. The van der Waals surface area contributed by atoms with Crippen molar-refractivity contribution in [1.82, 2.24) is 4.98 Å². The van der Waals surface area contributed by atoms with E-state index in [0.29, 0.717) is 6.04 Å². The minimum Gasteiger partial charge on any atom is -0.380 e. The first-order valence-electron chi connectivity index (χ1n) is 6.11. The second kappa shape index (κ2) is 3.62. The minimum absolute atomic E-state index is 0.631. The second-order valence-corrected chi connectivity index (χ2v) is 5.07. The molecule has 2 aliphatic carbocycles. The third kappa shape index (κ3) is 1.53. The summed E-state index contributed by atoms with van der Waals surface area (Å²) in [4.78, 5) is 4.49. The lowest BCUT2D eigenvalue weighted by Crippen LogP contribution is -2.43. The van der Waals surface area contributed by atoms with Gasteiger partial charge in [0.1, 0.15) is 0 Å². The standard InChI is InChI=1S/C14H18N2/c1-9-6-7-13(10(2)15-9)16-14-8-11-4-3-5-12(11)14/h3,5-7,11-12,14,16H,4,8H2,1-2H3. The lowest BCUT2D eigenvalue weighted by Gasteiger charge is -2.41. The molecule has 1 N–H and O–H groups in total. The van der Waals surface area contributed by atoms with Gasteiger partial charge >= 0.3 is 0 Å². The Bertz CT molecular complexity index is 436. The number of allylic oxidation sites excluding steroid dienone is 1. The van der Waals surface area contributed by atoms with E-state index in [0.717, 1.165) is 23.2 Å². The SMILES string of the molecule is Cc1ccc(NC2CC3CC=CC32)c(C)n1. The Morgan fingerprint density at radius 1 is 1.31 bits per heavy atom. The summed E-state index contributed by atoms with van der Waals surface area (Å²) in [5.41, 5.74) is 3.41. The van der Waals surface area contributed by atoms with Gasteiger partial charge in [-0.15, -0.1) is 0 Å². The van der Waals surface area contributed by atoms with Crippen LogP contribution in [0.4, 0.5) is 5.69 Å². The molecule has 3 unspecified atom stereocenters. The molecule has 2 heteroatoms. The maximum absolute atomic E-state index is 4.49. The van der Waals surface area contributed by atoms with Crippen LogP contribution in [0.3, 0.4) is 0 Å². The molecule has 1 aromatic heterocycles. The van der Waals surface area contributed by atoms with Crippen LogP contribution in [0.2, 0.25) is 0 Å². The van der Waals surface area contributed by atoms with Crippen molar-refractivity contribution in [2.24, 2.45) is 11.8 Å². The van der Waals surface area contributed by atoms with E-state index in [2.05, 4.69) is 41.5 Å². The first-order valence-corrected chi connectivity index (χ1v) is 6.11. The molecule has 84 valence electrons. The lowest BCUT2D eigenvalue weighted by molar-refractivity contribution is 0.218. The molecule has 2 nitrogen and oxygen atoms in total. The summed E-state index contributed by atoms with van der Waals surface area (Å²) in [5.74, 6) is 1.68. The number of rotatable bonds is 2. The van der Waals surface area contributed by atoms with Gasteiger partial charge in [-0.2, -0.15) is 0 Å². The van der Waals surface area contributed by atoms with Crippen molar-refractivity contribution in [3.05, 3.63) is 35.7 Å². The Kier molecular flexibility index (Phi) is 2.23. The highest BCUT2D eigenvalue weighted by Crippen LogP contribution is 2.44. The fourth-order valence-electron chi connectivity index (χ4n) is 2.92. The highest BCUT2D eigenvalue weighted by Gasteiger charge is 2.40. The van der Waals surface area contributed by atoms with E-state index in [1.165, 1.54) is 18.5 Å². The number of nitrogens with zero attached hydrogens (tertiary/aromatic N) is 1. The zero-order valence-corrected chi connectivity index (χ0v) is 9.90. The van der Waals surface area contributed by atoms with Crippen LogP contribution in [0.5, 0.6) is 0 Å². The van der Waals surface area contributed by atoms with Crippen LogP contribution in [-0.2, 0) is 0 Å². The van der Waals surface area contributed by atoms with E-state index >= 15 is 0 Å². The van der Waals surface area contributed by atoms with Crippen LogP contribution in [0, 0.1) is 25.7 Å². The molecule has 0 radical (unpaired) electrons. The van der Waals surface area contributed by atoms with Gasteiger partial charge in [0, 0.05) is 17.7 Å². The molecule has 3 rings (SSSR count). The van der Waals surface area contributed by atoms with Gasteiger partial charge < -0.3 is 5.32 Å².